The molecule has 142 valence electrons. The number of rotatable bonds is 7. The number of carbonyl (C=O) groups excluding carboxylic acids is 2. The Hall–Kier alpha value is -1.22. The first kappa shape index (κ1) is 18.6. The van der Waals surface area contributed by atoms with Crippen LogP contribution in [0.5, 0.6) is 0 Å². The highest BCUT2D eigenvalue weighted by Crippen LogP contribution is 2.60. The molecule has 4 aliphatic carbocycles. The summed E-state index contributed by atoms with van der Waals surface area (Å²) < 4.78 is 52.4. The fourth-order valence-corrected chi connectivity index (χ4v) is 5.69. The molecule has 25 heavy (non-hydrogen) atoms. The summed E-state index contributed by atoms with van der Waals surface area (Å²) in [7, 11) is -4.47. The van der Waals surface area contributed by atoms with Crippen LogP contribution < -0.4 is 0 Å². The summed E-state index contributed by atoms with van der Waals surface area (Å²) >= 11 is 0. The minimum Gasteiger partial charge on any atom is -0.460 e. The summed E-state index contributed by atoms with van der Waals surface area (Å²) in [5.41, 5.74) is -0.484. The standard InChI is InChI=1S/C16H23FO7S/c17-13(9-25(20,21)22)7-23-14(18)8-24-15(19)16-4-10-1-11(5-16)3-12(2-10)6-16/h10-13H,1-9H2,(H,20,21,22). The first-order valence-electron chi connectivity index (χ1n) is 8.57. The van der Waals surface area contributed by atoms with Gasteiger partial charge in [0, 0.05) is 0 Å². The van der Waals surface area contributed by atoms with Gasteiger partial charge in [-0.25, -0.2) is 9.18 Å². The van der Waals surface area contributed by atoms with Gasteiger partial charge < -0.3 is 9.47 Å². The van der Waals surface area contributed by atoms with Gasteiger partial charge in [0.1, 0.15) is 12.4 Å². The molecule has 9 heteroatoms. The van der Waals surface area contributed by atoms with Gasteiger partial charge in [0.2, 0.25) is 0 Å². The van der Waals surface area contributed by atoms with Crippen molar-refractivity contribution < 1.29 is 36.4 Å². The van der Waals surface area contributed by atoms with Gasteiger partial charge in [-0.1, -0.05) is 0 Å². The third-order valence-corrected chi connectivity index (χ3v) is 6.39. The predicted octanol–water partition coefficient (Wildman–Crippen LogP) is 1.52. The van der Waals surface area contributed by atoms with E-state index in [1.165, 1.54) is 19.3 Å². The van der Waals surface area contributed by atoms with Crippen molar-refractivity contribution in [3.05, 3.63) is 0 Å². The third kappa shape index (κ3) is 4.49. The lowest BCUT2D eigenvalue weighted by atomic mass is 9.49. The Morgan fingerprint density at radius 2 is 1.60 bits per heavy atom. The molecule has 0 heterocycles. The minimum absolute atomic E-state index is 0.377. The van der Waals surface area contributed by atoms with E-state index in [0.717, 1.165) is 19.3 Å². The van der Waals surface area contributed by atoms with Gasteiger partial charge in [0.25, 0.3) is 10.1 Å². The average molecular weight is 378 g/mol. The van der Waals surface area contributed by atoms with Crippen molar-refractivity contribution in [2.45, 2.75) is 44.7 Å². The van der Waals surface area contributed by atoms with Crippen LogP contribution in [-0.4, -0.2) is 50.0 Å². The first-order chi connectivity index (χ1) is 11.7. The number of alkyl halides is 1. The number of hydrogen-bond acceptors (Lipinski definition) is 6. The molecule has 4 aliphatic rings. The van der Waals surface area contributed by atoms with Crippen LogP contribution in [0.2, 0.25) is 0 Å². The largest absolute Gasteiger partial charge is 0.460 e. The number of halogens is 1. The van der Waals surface area contributed by atoms with Gasteiger partial charge in [0.15, 0.2) is 12.8 Å². The molecule has 0 aromatic heterocycles. The zero-order valence-electron chi connectivity index (χ0n) is 13.9. The van der Waals surface area contributed by atoms with Gasteiger partial charge in [-0.2, -0.15) is 8.42 Å². The Labute approximate surface area is 146 Å². The summed E-state index contributed by atoms with van der Waals surface area (Å²) in [5, 5.41) is 0. The molecule has 0 amide bonds. The average Bonchev–Trinajstić information content (AvgIpc) is 2.47. The van der Waals surface area contributed by atoms with E-state index in [-0.39, 0.29) is 5.97 Å². The van der Waals surface area contributed by atoms with Crippen molar-refractivity contribution in [1.82, 2.24) is 0 Å². The molecule has 1 N–H and O–H groups in total. The summed E-state index contributed by atoms with van der Waals surface area (Å²) in [5.74, 6) is -0.752. The van der Waals surface area contributed by atoms with Crippen molar-refractivity contribution in [3.8, 4) is 0 Å². The lowest BCUT2D eigenvalue weighted by Crippen LogP contribution is -2.50. The molecule has 4 fully saturated rings. The Morgan fingerprint density at radius 1 is 1.08 bits per heavy atom. The Kier molecular flexibility index (Phi) is 5.07. The maximum atomic E-state index is 13.2. The van der Waals surface area contributed by atoms with Crippen LogP contribution in [0.15, 0.2) is 0 Å². The molecule has 0 aromatic rings. The molecule has 0 spiro atoms. The molecule has 0 aliphatic heterocycles. The van der Waals surface area contributed by atoms with Crippen LogP contribution >= 0.6 is 0 Å². The van der Waals surface area contributed by atoms with Gasteiger partial charge in [-0.15, -0.1) is 0 Å². The zero-order valence-corrected chi connectivity index (χ0v) is 14.7. The van der Waals surface area contributed by atoms with E-state index in [2.05, 4.69) is 4.74 Å². The zero-order chi connectivity index (χ0) is 18.2. The highest BCUT2D eigenvalue weighted by molar-refractivity contribution is 7.85. The predicted molar refractivity (Wildman–Crippen MR) is 83.8 cm³/mol. The van der Waals surface area contributed by atoms with Gasteiger partial charge in [-0.05, 0) is 56.3 Å². The van der Waals surface area contributed by atoms with Crippen LogP contribution in [0.3, 0.4) is 0 Å². The Balaban J connectivity index is 1.44. The van der Waals surface area contributed by atoms with E-state index in [1.807, 2.05) is 0 Å². The fourth-order valence-electron chi connectivity index (χ4n) is 5.14. The van der Waals surface area contributed by atoms with E-state index >= 15 is 0 Å². The van der Waals surface area contributed by atoms with Crippen LogP contribution in [0, 0.1) is 23.2 Å². The molecule has 0 radical (unpaired) electrons. The van der Waals surface area contributed by atoms with Gasteiger partial charge in [0.05, 0.1) is 5.41 Å². The number of ether oxygens (including phenoxy) is 2. The molecular formula is C16H23FO7S. The van der Waals surface area contributed by atoms with Gasteiger partial charge >= 0.3 is 11.9 Å². The fraction of sp³-hybridized carbons (Fsp3) is 0.875. The van der Waals surface area contributed by atoms with Crippen molar-refractivity contribution in [3.63, 3.8) is 0 Å². The van der Waals surface area contributed by atoms with Crippen molar-refractivity contribution >= 4 is 22.1 Å². The topological polar surface area (TPSA) is 107 Å². The van der Waals surface area contributed by atoms with Crippen molar-refractivity contribution in [2.75, 3.05) is 19.0 Å². The maximum Gasteiger partial charge on any atom is 0.344 e. The van der Waals surface area contributed by atoms with Gasteiger partial charge in [-0.3, -0.25) is 9.35 Å². The van der Waals surface area contributed by atoms with Crippen LogP contribution in [0.25, 0.3) is 0 Å². The second kappa shape index (κ2) is 6.83. The molecule has 7 nitrogen and oxygen atoms in total. The molecule has 1 atom stereocenters. The number of carbonyl (C=O) groups is 2. The Bertz CT molecular complexity index is 610. The summed E-state index contributed by atoms with van der Waals surface area (Å²) in [6.07, 6.45) is 3.95. The van der Waals surface area contributed by atoms with E-state index in [1.54, 1.807) is 0 Å². The van der Waals surface area contributed by atoms with Crippen LogP contribution in [0.4, 0.5) is 4.39 Å². The second-order valence-electron chi connectivity index (χ2n) is 7.80. The molecule has 0 saturated heterocycles. The normalized spacial score (nSPS) is 34.6. The summed E-state index contributed by atoms with van der Waals surface area (Å²) in [6, 6.07) is 0. The van der Waals surface area contributed by atoms with Crippen LogP contribution in [-0.2, 0) is 29.2 Å². The highest BCUT2D eigenvalue weighted by Gasteiger charge is 2.55. The number of esters is 2. The third-order valence-electron chi connectivity index (χ3n) is 5.61. The van der Waals surface area contributed by atoms with E-state index in [4.69, 9.17) is 9.29 Å². The van der Waals surface area contributed by atoms with Crippen molar-refractivity contribution in [1.29, 1.82) is 0 Å². The lowest BCUT2D eigenvalue weighted by Gasteiger charge is -2.55. The number of hydrogen-bond donors (Lipinski definition) is 1. The lowest BCUT2D eigenvalue weighted by molar-refractivity contribution is -0.177. The second-order valence-corrected chi connectivity index (χ2v) is 9.30. The monoisotopic (exact) mass is 378 g/mol. The minimum atomic E-state index is -4.47. The smallest absolute Gasteiger partial charge is 0.344 e. The van der Waals surface area contributed by atoms with E-state index in [9.17, 15) is 22.4 Å². The van der Waals surface area contributed by atoms with E-state index in [0.29, 0.717) is 17.8 Å². The highest BCUT2D eigenvalue weighted by atomic mass is 32.2. The molecule has 4 rings (SSSR count). The van der Waals surface area contributed by atoms with E-state index < -0.39 is 46.6 Å². The Morgan fingerprint density at radius 3 is 2.08 bits per heavy atom. The summed E-state index contributed by atoms with van der Waals surface area (Å²) in [4.78, 5) is 24.1. The quantitative estimate of drug-likeness (QED) is 0.528. The van der Waals surface area contributed by atoms with Crippen molar-refractivity contribution in [2.24, 2.45) is 23.2 Å². The summed E-state index contributed by atoms with van der Waals surface area (Å²) in [6.45, 7) is -1.42. The molecule has 1 unspecified atom stereocenters. The van der Waals surface area contributed by atoms with Crippen LogP contribution in [0.1, 0.15) is 38.5 Å². The molecule has 4 bridgehead atoms. The molecule has 4 saturated carbocycles. The molecular weight excluding hydrogens is 355 g/mol. The SMILES string of the molecule is O=C(COC(=O)C12CC3CC(CC(C3)C1)C2)OCC(F)CS(=O)(=O)O. The maximum absolute atomic E-state index is 13.2. The first-order valence-corrected chi connectivity index (χ1v) is 10.2. The molecule has 0 aromatic carbocycles.